The van der Waals surface area contributed by atoms with Gasteiger partial charge in [-0.15, -0.1) is 0 Å². The molecular formula is C8H16O4. The molecule has 0 radical (unpaired) electrons. The fourth-order valence-electron chi connectivity index (χ4n) is 0.272. The Kier molecular flexibility index (Phi) is 18.7. The van der Waals surface area contributed by atoms with Crippen LogP contribution in [0.3, 0.4) is 0 Å². The van der Waals surface area contributed by atoms with E-state index in [0.717, 1.165) is 0 Å². The highest BCUT2D eigenvalue weighted by Crippen LogP contribution is 1.67. The van der Waals surface area contributed by atoms with Gasteiger partial charge in [-0.25, -0.2) is 0 Å². The molecule has 0 aromatic carbocycles. The Labute approximate surface area is 72.7 Å². The van der Waals surface area contributed by atoms with Gasteiger partial charge in [0.15, 0.2) is 0 Å². The predicted octanol–water partition coefficient (Wildman–Crippen LogP) is 0.278. The average molecular weight is 176 g/mol. The maximum Gasteiger partial charge on any atom is 0.110 e. The summed E-state index contributed by atoms with van der Waals surface area (Å²) in [5, 5.41) is 16.0. The maximum absolute atomic E-state index is 8.02. The lowest BCUT2D eigenvalue weighted by molar-refractivity contribution is 0.166. The predicted molar refractivity (Wildman–Crippen MR) is 46.5 cm³/mol. The lowest BCUT2D eigenvalue weighted by atomic mass is 10.8. The van der Waals surface area contributed by atoms with Crippen molar-refractivity contribution in [3.8, 4) is 0 Å². The SMILES string of the molecule is C=COCCO.C=COCCO. The number of hydrogen-bond acceptors (Lipinski definition) is 4. The number of ether oxygens (including phenoxy) is 2. The molecule has 0 bridgehead atoms. The van der Waals surface area contributed by atoms with Crippen molar-refractivity contribution in [3.05, 3.63) is 25.7 Å². The summed E-state index contributed by atoms with van der Waals surface area (Å²) < 4.78 is 8.99. The Hall–Kier alpha value is -1.00. The molecule has 72 valence electrons. The monoisotopic (exact) mass is 176 g/mol. The molecule has 0 fully saturated rings. The summed E-state index contributed by atoms with van der Waals surface area (Å²) in [6.45, 7) is 7.35. The first-order valence-corrected chi connectivity index (χ1v) is 3.50. The molecule has 0 aromatic heterocycles. The Morgan fingerprint density at radius 1 is 0.917 bits per heavy atom. The number of rotatable bonds is 6. The first-order chi connectivity index (χ1) is 5.83. The Bertz CT molecular complexity index is 81.1. The fraction of sp³-hybridized carbons (Fsp3) is 0.500. The third-order valence-corrected chi connectivity index (χ3v) is 0.654. The second kappa shape index (κ2) is 16.5. The highest BCUT2D eigenvalue weighted by atomic mass is 16.5. The third kappa shape index (κ3) is 23.0. The van der Waals surface area contributed by atoms with Crippen LogP contribution in [0.25, 0.3) is 0 Å². The van der Waals surface area contributed by atoms with Crippen molar-refractivity contribution in [2.45, 2.75) is 0 Å². The maximum atomic E-state index is 8.02. The number of hydrogen-bond donors (Lipinski definition) is 2. The van der Waals surface area contributed by atoms with Crippen LogP contribution in [0.5, 0.6) is 0 Å². The van der Waals surface area contributed by atoms with E-state index in [4.69, 9.17) is 10.2 Å². The lowest BCUT2D eigenvalue weighted by Gasteiger charge is -1.89. The number of aliphatic hydroxyl groups is 2. The van der Waals surface area contributed by atoms with Gasteiger partial charge in [0.2, 0.25) is 0 Å². The molecule has 0 aromatic rings. The zero-order valence-electron chi connectivity index (χ0n) is 7.11. The summed E-state index contributed by atoms with van der Waals surface area (Å²) in [4.78, 5) is 0. The van der Waals surface area contributed by atoms with Gasteiger partial charge in [0.05, 0.1) is 25.7 Å². The van der Waals surface area contributed by atoms with Gasteiger partial charge in [0, 0.05) is 0 Å². The summed E-state index contributed by atoms with van der Waals surface area (Å²) in [7, 11) is 0. The van der Waals surface area contributed by atoms with Crippen molar-refractivity contribution in [2.24, 2.45) is 0 Å². The van der Waals surface area contributed by atoms with Crippen molar-refractivity contribution >= 4 is 0 Å². The highest BCUT2D eigenvalue weighted by Gasteiger charge is 1.70. The Balaban J connectivity index is 0. The van der Waals surface area contributed by atoms with Crippen molar-refractivity contribution in [3.63, 3.8) is 0 Å². The molecule has 0 saturated heterocycles. The molecule has 4 heteroatoms. The van der Waals surface area contributed by atoms with E-state index in [2.05, 4.69) is 22.6 Å². The molecule has 0 unspecified atom stereocenters. The van der Waals surface area contributed by atoms with Crippen LogP contribution in [0.1, 0.15) is 0 Å². The standard InChI is InChI=1S/2C4H8O2/c2*1-2-6-4-3-5/h2*2,5H,1,3-4H2. The second-order valence-corrected chi connectivity index (χ2v) is 1.52. The molecule has 0 heterocycles. The molecule has 12 heavy (non-hydrogen) atoms. The van der Waals surface area contributed by atoms with Crippen molar-refractivity contribution < 1.29 is 19.7 Å². The van der Waals surface area contributed by atoms with Gasteiger partial charge < -0.3 is 19.7 Å². The summed E-state index contributed by atoms with van der Waals surface area (Å²) in [5.41, 5.74) is 0. The van der Waals surface area contributed by atoms with Crippen LogP contribution in [-0.4, -0.2) is 36.6 Å². The van der Waals surface area contributed by atoms with Crippen molar-refractivity contribution in [1.29, 1.82) is 0 Å². The van der Waals surface area contributed by atoms with Crippen molar-refractivity contribution in [1.82, 2.24) is 0 Å². The molecule has 0 aliphatic carbocycles. The van der Waals surface area contributed by atoms with Crippen LogP contribution < -0.4 is 0 Å². The van der Waals surface area contributed by atoms with E-state index in [1.807, 2.05) is 0 Å². The van der Waals surface area contributed by atoms with Gasteiger partial charge >= 0.3 is 0 Å². The summed E-state index contributed by atoms with van der Waals surface area (Å²) in [6.07, 6.45) is 2.60. The van der Waals surface area contributed by atoms with Crippen LogP contribution in [0.4, 0.5) is 0 Å². The summed E-state index contributed by atoms with van der Waals surface area (Å²) in [5.74, 6) is 0. The molecule has 0 aliphatic heterocycles. The summed E-state index contributed by atoms with van der Waals surface area (Å²) >= 11 is 0. The lowest BCUT2D eigenvalue weighted by Crippen LogP contribution is -1.90. The zero-order valence-corrected chi connectivity index (χ0v) is 7.11. The Morgan fingerprint density at radius 3 is 1.33 bits per heavy atom. The summed E-state index contributed by atoms with van der Waals surface area (Å²) in [6, 6.07) is 0. The highest BCUT2D eigenvalue weighted by molar-refractivity contribution is 4.47. The van der Waals surface area contributed by atoms with Crippen LogP contribution in [0, 0.1) is 0 Å². The normalized spacial score (nSPS) is 7.50. The molecule has 0 atom stereocenters. The molecule has 2 N–H and O–H groups in total. The van der Waals surface area contributed by atoms with E-state index in [0.29, 0.717) is 13.2 Å². The second-order valence-electron chi connectivity index (χ2n) is 1.52. The molecule has 0 aliphatic rings. The van der Waals surface area contributed by atoms with E-state index in [1.54, 1.807) is 0 Å². The minimum atomic E-state index is 0.0615. The van der Waals surface area contributed by atoms with Gasteiger partial charge in [-0.3, -0.25) is 0 Å². The first kappa shape index (κ1) is 13.6. The van der Waals surface area contributed by atoms with Gasteiger partial charge in [0.1, 0.15) is 13.2 Å². The van der Waals surface area contributed by atoms with Crippen LogP contribution in [0.15, 0.2) is 25.7 Å². The number of aliphatic hydroxyl groups excluding tert-OH is 2. The van der Waals surface area contributed by atoms with E-state index in [9.17, 15) is 0 Å². The molecule has 0 spiro atoms. The molecule has 0 amide bonds. The van der Waals surface area contributed by atoms with Gasteiger partial charge in [-0.1, -0.05) is 13.2 Å². The largest absolute Gasteiger partial charge is 0.499 e. The Morgan fingerprint density at radius 2 is 1.25 bits per heavy atom. The van der Waals surface area contributed by atoms with Gasteiger partial charge in [-0.2, -0.15) is 0 Å². The molecular weight excluding hydrogens is 160 g/mol. The molecule has 0 rings (SSSR count). The van der Waals surface area contributed by atoms with E-state index in [1.165, 1.54) is 12.5 Å². The van der Waals surface area contributed by atoms with Crippen LogP contribution in [0.2, 0.25) is 0 Å². The third-order valence-electron chi connectivity index (χ3n) is 0.654. The fourth-order valence-corrected chi connectivity index (χ4v) is 0.272. The zero-order chi connectivity index (χ0) is 9.66. The molecule has 0 saturated carbocycles. The van der Waals surface area contributed by atoms with Gasteiger partial charge in [-0.05, 0) is 0 Å². The topological polar surface area (TPSA) is 58.9 Å². The van der Waals surface area contributed by atoms with E-state index >= 15 is 0 Å². The van der Waals surface area contributed by atoms with Crippen LogP contribution in [-0.2, 0) is 9.47 Å². The minimum Gasteiger partial charge on any atom is -0.499 e. The minimum absolute atomic E-state index is 0.0615. The quantitative estimate of drug-likeness (QED) is 0.450. The van der Waals surface area contributed by atoms with Crippen molar-refractivity contribution in [2.75, 3.05) is 26.4 Å². The van der Waals surface area contributed by atoms with Gasteiger partial charge in [0.25, 0.3) is 0 Å². The molecule has 4 nitrogen and oxygen atoms in total. The smallest absolute Gasteiger partial charge is 0.110 e. The average Bonchev–Trinajstić information content (AvgIpc) is 2.12. The van der Waals surface area contributed by atoms with Crippen LogP contribution >= 0.6 is 0 Å². The van der Waals surface area contributed by atoms with E-state index in [-0.39, 0.29) is 13.2 Å². The first-order valence-electron chi connectivity index (χ1n) is 3.50. The van der Waals surface area contributed by atoms with E-state index < -0.39 is 0 Å².